The van der Waals surface area contributed by atoms with E-state index in [-0.39, 0.29) is 5.91 Å². The van der Waals surface area contributed by atoms with Crippen molar-refractivity contribution < 1.29 is 4.79 Å². The molecule has 2 rings (SSSR count). The van der Waals surface area contributed by atoms with Crippen LogP contribution >= 0.6 is 23.2 Å². The second-order valence-corrected chi connectivity index (χ2v) is 4.46. The van der Waals surface area contributed by atoms with E-state index in [2.05, 4.69) is 10.3 Å². The summed E-state index contributed by atoms with van der Waals surface area (Å²) in [5, 5.41) is 3.48. The molecule has 0 saturated carbocycles. The Balaban J connectivity index is 2.19. The Morgan fingerprint density at radius 3 is 2.39 bits per heavy atom. The number of nitrogens with two attached hydrogens (primary N) is 1. The van der Waals surface area contributed by atoms with Crippen molar-refractivity contribution in [2.75, 3.05) is 11.1 Å². The van der Waals surface area contributed by atoms with Crippen molar-refractivity contribution in [1.82, 2.24) is 4.98 Å². The molecule has 92 valence electrons. The van der Waals surface area contributed by atoms with Crippen LogP contribution in [0.4, 0.5) is 11.5 Å². The van der Waals surface area contributed by atoms with Crippen molar-refractivity contribution >= 4 is 40.6 Å². The predicted molar refractivity (Wildman–Crippen MR) is 73.1 cm³/mol. The summed E-state index contributed by atoms with van der Waals surface area (Å²) in [6.45, 7) is 0. The first kappa shape index (κ1) is 12.7. The number of anilines is 2. The van der Waals surface area contributed by atoms with Crippen LogP contribution in [0.25, 0.3) is 0 Å². The lowest BCUT2D eigenvalue weighted by Crippen LogP contribution is -2.12. The molecule has 0 saturated heterocycles. The van der Waals surface area contributed by atoms with Crippen LogP contribution in [-0.4, -0.2) is 10.9 Å². The number of aromatic nitrogens is 1. The molecule has 0 bridgehead atoms. The SMILES string of the molecule is Nc1ccc(NC(=O)c2cc(Cl)cc(Cl)c2)cn1. The third-order valence-corrected chi connectivity index (χ3v) is 2.61. The molecule has 2 aromatic rings. The molecule has 18 heavy (non-hydrogen) atoms. The Morgan fingerprint density at radius 2 is 1.83 bits per heavy atom. The second kappa shape index (κ2) is 5.25. The smallest absolute Gasteiger partial charge is 0.255 e. The van der Waals surface area contributed by atoms with Gasteiger partial charge in [-0.15, -0.1) is 0 Å². The van der Waals surface area contributed by atoms with E-state index in [1.807, 2.05) is 0 Å². The first-order valence-electron chi connectivity index (χ1n) is 5.03. The normalized spacial score (nSPS) is 10.1. The zero-order chi connectivity index (χ0) is 13.1. The molecule has 0 atom stereocenters. The van der Waals surface area contributed by atoms with Crippen molar-refractivity contribution in [3.8, 4) is 0 Å². The highest BCUT2D eigenvalue weighted by atomic mass is 35.5. The minimum absolute atomic E-state index is 0.314. The maximum Gasteiger partial charge on any atom is 0.255 e. The minimum atomic E-state index is -0.314. The van der Waals surface area contributed by atoms with E-state index < -0.39 is 0 Å². The largest absolute Gasteiger partial charge is 0.384 e. The highest BCUT2D eigenvalue weighted by molar-refractivity contribution is 6.35. The number of nitrogen functional groups attached to an aromatic ring is 1. The van der Waals surface area contributed by atoms with Gasteiger partial charge in [0.1, 0.15) is 5.82 Å². The minimum Gasteiger partial charge on any atom is -0.384 e. The zero-order valence-corrected chi connectivity index (χ0v) is 10.7. The van der Waals surface area contributed by atoms with E-state index in [4.69, 9.17) is 28.9 Å². The Kier molecular flexibility index (Phi) is 3.69. The molecule has 0 unspecified atom stereocenters. The van der Waals surface area contributed by atoms with Crippen molar-refractivity contribution in [3.05, 3.63) is 52.1 Å². The third kappa shape index (κ3) is 3.12. The predicted octanol–water partition coefficient (Wildman–Crippen LogP) is 3.22. The maximum absolute atomic E-state index is 11.9. The van der Waals surface area contributed by atoms with E-state index in [9.17, 15) is 4.79 Å². The lowest BCUT2D eigenvalue weighted by Gasteiger charge is -2.06. The highest BCUT2D eigenvalue weighted by Crippen LogP contribution is 2.20. The summed E-state index contributed by atoms with van der Waals surface area (Å²) in [6, 6.07) is 7.89. The first-order valence-corrected chi connectivity index (χ1v) is 5.79. The fourth-order valence-electron chi connectivity index (χ4n) is 1.37. The van der Waals surface area contributed by atoms with Gasteiger partial charge in [0.15, 0.2) is 0 Å². The van der Waals surface area contributed by atoms with E-state index in [1.54, 1.807) is 18.2 Å². The summed E-state index contributed by atoms with van der Waals surface area (Å²) in [7, 11) is 0. The van der Waals surface area contributed by atoms with Gasteiger partial charge in [0.05, 0.1) is 11.9 Å². The standard InChI is InChI=1S/C12H9Cl2N3O/c13-8-3-7(4-9(14)5-8)12(18)17-10-1-2-11(15)16-6-10/h1-6H,(H2,15,16)(H,17,18). The lowest BCUT2D eigenvalue weighted by atomic mass is 10.2. The van der Waals surface area contributed by atoms with Gasteiger partial charge in [0.25, 0.3) is 5.91 Å². The number of nitrogens with zero attached hydrogens (tertiary/aromatic N) is 1. The van der Waals surface area contributed by atoms with Crippen LogP contribution in [0.3, 0.4) is 0 Å². The van der Waals surface area contributed by atoms with Crippen molar-refractivity contribution in [3.63, 3.8) is 0 Å². The summed E-state index contributed by atoms with van der Waals surface area (Å²) >= 11 is 11.6. The van der Waals surface area contributed by atoms with Crippen LogP contribution in [-0.2, 0) is 0 Å². The van der Waals surface area contributed by atoms with E-state index in [0.717, 1.165) is 0 Å². The molecule has 0 radical (unpaired) electrons. The van der Waals surface area contributed by atoms with Crippen LogP contribution in [0, 0.1) is 0 Å². The quantitative estimate of drug-likeness (QED) is 0.888. The average Bonchev–Trinajstić information content (AvgIpc) is 2.31. The first-order chi connectivity index (χ1) is 8.54. The Bertz CT molecular complexity index is 564. The molecule has 0 aliphatic rings. The number of nitrogens with one attached hydrogen (secondary N) is 1. The lowest BCUT2D eigenvalue weighted by molar-refractivity contribution is 0.102. The van der Waals surface area contributed by atoms with E-state index in [1.165, 1.54) is 18.3 Å². The molecule has 0 aliphatic heterocycles. The number of carbonyl (C=O) groups excluding carboxylic acids is 1. The number of hydrogen-bond acceptors (Lipinski definition) is 3. The van der Waals surface area contributed by atoms with Crippen molar-refractivity contribution in [2.45, 2.75) is 0 Å². The van der Waals surface area contributed by atoms with Crippen molar-refractivity contribution in [1.29, 1.82) is 0 Å². The second-order valence-electron chi connectivity index (χ2n) is 3.58. The summed E-state index contributed by atoms with van der Waals surface area (Å²) in [4.78, 5) is 15.8. The molecule has 4 nitrogen and oxygen atoms in total. The highest BCUT2D eigenvalue weighted by Gasteiger charge is 2.08. The summed E-state index contributed by atoms with van der Waals surface area (Å²) in [5.74, 6) is 0.0739. The molecular formula is C12H9Cl2N3O. The molecule has 1 heterocycles. The van der Waals surface area contributed by atoms with Gasteiger partial charge in [-0.3, -0.25) is 4.79 Å². The van der Waals surface area contributed by atoms with Gasteiger partial charge in [-0.05, 0) is 30.3 Å². The van der Waals surface area contributed by atoms with Crippen LogP contribution in [0.2, 0.25) is 10.0 Å². The molecule has 0 fully saturated rings. The molecule has 3 N–H and O–H groups in total. The topological polar surface area (TPSA) is 68.0 Å². The van der Waals surface area contributed by atoms with Gasteiger partial charge in [0, 0.05) is 15.6 Å². The van der Waals surface area contributed by atoms with Crippen LogP contribution in [0.15, 0.2) is 36.5 Å². The summed E-state index contributed by atoms with van der Waals surface area (Å²) in [6.07, 6.45) is 1.47. The molecule has 1 amide bonds. The fraction of sp³-hybridized carbons (Fsp3) is 0. The molecule has 6 heteroatoms. The Hall–Kier alpha value is -1.78. The summed E-state index contributed by atoms with van der Waals surface area (Å²) < 4.78 is 0. The molecular weight excluding hydrogens is 273 g/mol. The van der Waals surface area contributed by atoms with Gasteiger partial charge in [-0.25, -0.2) is 4.98 Å². The number of pyridine rings is 1. The molecule has 1 aromatic carbocycles. The van der Waals surface area contributed by atoms with Crippen LogP contribution < -0.4 is 11.1 Å². The Morgan fingerprint density at radius 1 is 1.17 bits per heavy atom. The number of rotatable bonds is 2. The Labute approximate surface area is 114 Å². The molecule has 0 spiro atoms. The number of benzene rings is 1. The van der Waals surface area contributed by atoms with Crippen molar-refractivity contribution in [2.24, 2.45) is 0 Å². The fourth-order valence-corrected chi connectivity index (χ4v) is 1.89. The van der Waals surface area contributed by atoms with Gasteiger partial charge in [-0.1, -0.05) is 23.2 Å². The van der Waals surface area contributed by atoms with Crippen LogP contribution in [0.5, 0.6) is 0 Å². The zero-order valence-electron chi connectivity index (χ0n) is 9.15. The summed E-state index contributed by atoms with van der Waals surface area (Å²) in [5.41, 5.74) is 6.38. The number of hydrogen-bond donors (Lipinski definition) is 2. The number of carbonyl (C=O) groups is 1. The molecule has 0 aliphatic carbocycles. The number of amides is 1. The van der Waals surface area contributed by atoms with E-state index >= 15 is 0 Å². The average molecular weight is 282 g/mol. The molecule has 1 aromatic heterocycles. The maximum atomic E-state index is 11.9. The van der Waals surface area contributed by atoms with Gasteiger partial charge in [-0.2, -0.15) is 0 Å². The van der Waals surface area contributed by atoms with Gasteiger partial charge < -0.3 is 11.1 Å². The van der Waals surface area contributed by atoms with E-state index in [0.29, 0.717) is 27.1 Å². The third-order valence-electron chi connectivity index (χ3n) is 2.17. The number of halogens is 2. The van der Waals surface area contributed by atoms with Gasteiger partial charge in [0.2, 0.25) is 0 Å². The van der Waals surface area contributed by atoms with Crippen LogP contribution in [0.1, 0.15) is 10.4 Å². The monoisotopic (exact) mass is 281 g/mol. The van der Waals surface area contributed by atoms with Gasteiger partial charge >= 0.3 is 0 Å².